The van der Waals surface area contributed by atoms with Crippen molar-refractivity contribution >= 4 is 26.8 Å². The van der Waals surface area contributed by atoms with Gasteiger partial charge in [0, 0.05) is 22.3 Å². The number of thiol groups is 1. The second kappa shape index (κ2) is 7.08. The van der Waals surface area contributed by atoms with Gasteiger partial charge in [0.2, 0.25) is 0 Å². The van der Waals surface area contributed by atoms with Crippen molar-refractivity contribution in [3.63, 3.8) is 0 Å². The number of hydrogen-bond acceptors (Lipinski definition) is 6. The first-order valence-electron chi connectivity index (χ1n) is 10.8. The van der Waals surface area contributed by atoms with E-state index < -0.39 is 21.5 Å². The summed E-state index contributed by atoms with van der Waals surface area (Å²) in [5.74, 6) is -0.170. The molecule has 2 aliphatic rings. The predicted molar refractivity (Wildman–Crippen MR) is 124 cm³/mol. The molecule has 0 saturated heterocycles. The minimum absolute atomic E-state index is 0.104. The predicted octanol–water partition coefficient (Wildman–Crippen LogP) is 1.90. The molecule has 32 heavy (non-hydrogen) atoms. The summed E-state index contributed by atoms with van der Waals surface area (Å²) in [6.07, 6.45) is 4.30. The summed E-state index contributed by atoms with van der Waals surface area (Å²) >= 11 is 0. The minimum atomic E-state index is -2.24. The maximum atomic E-state index is 13.4. The Bertz CT molecular complexity index is 1400. The third-order valence-electron chi connectivity index (χ3n) is 6.61. The van der Waals surface area contributed by atoms with Crippen molar-refractivity contribution in [1.29, 1.82) is 0 Å². The van der Waals surface area contributed by atoms with E-state index in [0.717, 1.165) is 22.0 Å². The van der Waals surface area contributed by atoms with Crippen molar-refractivity contribution < 1.29 is 18.8 Å². The Hall–Kier alpha value is -2.84. The Balaban J connectivity index is 1.77. The minimum Gasteiger partial charge on any atom is -0.458 e. The lowest BCUT2D eigenvalue weighted by molar-refractivity contribution is -0.172. The van der Waals surface area contributed by atoms with Crippen LogP contribution in [-0.4, -0.2) is 43.1 Å². The molecule has 168 valence electrons. The Morgan fingerprint density at radius 2 is 1.97 bits per heavy atom. The third kappa shape index (κ3) is 3.04. The lowest BCUT2D eigenvalue weighted by Crippen LogP contribution is -2.44. The molecule has 0 aliphatic carbocycles. The third-order valence-corrected chi connectivity index (χ3v) is 7.91. The van der Waals surface area contributed by atoms with Crippen LogP contribution >= 0.6 is 0 Å². The summed E-state index contributed by atoms with van der Waals surface area (Å²) in [6, 6.07) is 9.52. The van der Waals surface area contributed by atoms with Crippen molar-refractivity contribution in [2.45, 2.75) is 38.5 Å². The molecule has 3 aromatic rings. The molecule has 1 atom stereocenters. The van der Waals surface area contributed by atoms with Crippen molar-refractivity contribution in [1.82, 2.24) is 9.55 Å². The molecular weight excluding hydrogens is 428 g/mol. The average Bonchev–Trinajstić information content (AvgIpc) is 3.12. The maximum Gasteiger partial charge on any atom is 0.343 e. The van der Waals surface area contributed by atoms with Crippen LogP contribution in [0, 0.1) is 0 Å². The average molecular weight is 455 g/mol. The molecule has 2 aliphatic heterocycles. The molecule has 1 aromatic carbocycles. The highest BCUT2D eigenvalue weighted by Gasteiger charge is 2.45. The summed E-state index contributed by atoms with van der Waals surface area (Å²) in [4.78, 5) is 30.6. The Labute approximate surface area is 186 Å². The first-order chi connectivity index (χ1) is 15.1. The zero-order valence-electron chi connectivity index (χ0n) is 18.3. The lowest BCUT2D eigenvalue weighted by atomic mass is 9.86. The normalized spacial score (nSPS) is 19.9. The number of pyridine rings is 2. The summed E-state index contributed by atoms with van der Waals surface area (Å²) in [5.41, 5.74) is 2.55. The Morgan fingerprint density at radius 3 is 2.69 bits per heavy atom. The number of nitrogens with zero attached hydrogens (tertiary/aromatic N) is 2. The van der Waals surface area contributed by atoms with Crippen LogP contribution in [0.3, 0.4) is 0 Å². The second-order valence-electron chi connectivity index (χ2n) is 9.09. The van der Waals surface area contributed by atoms with E-state index in [1.165, 1.54) is 0 Å². The van der Waals surface area contributed by atoms with Crippen LogP contribution in [0.2, 0.25) is 0 Å². The fraction of sp³-hybridized carbons (Fsp3) is 0.375. The van der Waals surface area contributed by atoms with Gasteiger partial charge in [-0.05, 0) is 43.0 Å². The molecule has 0 spiro atoms. The highest BCUT2D eigenvalue weighted by molar-refractivity contribution is 8.01. The van der Waals surface area contributed by atoms with Crippen LogP contribution in [0.15, 0.2) is 35.1 Å². The topological polar surface area (TPSA) is 98.5 Å². The summed E-state index contributed by atoms with van der Waals surface area (Å²) < 4.78 is 19.2. The highest BCUT2D eigenvalue weighted by Crippen LogP contribution is 2.40. The van der Waals surface area contributed by atoms with Crippen molar-refractivity contribution in [3.8, 4) is 11.4 Å². The zero-order valence-corrected chi connectivity index (χ0v) is 19.2. The number of ether oxygens (including phenoxy) is 1. The van der Waals surface area contributed by atoms with Crippen molar-refractivity contribution in [3.05, 3.63) is 62.9 Å². The largest absolute Gasteiger partial charge is 0.458 e. The summed E-state index contributed by atoms with van der Waals surface area (Å²) in [7, 11) is -2.24. The molecule has 0 saturated carbocycles. The van der Waals surface area contributed by atoms with E-state index in [4.69, 9.17) is 9.72 Å². The summed E-state index contributed by atoms with van der Waals surface area (Å²) in [6.45, 7) is 1.88. The molecule has 8 heteroatoms. The van der Waals surface area contributed by atoms with E-state index in [2.05, 4.69) is 0 Å². The van der Waals surface area contributed by atoms with Gasteiger partial charge in [-0.25, -0.2) is 9.78 Å². The first-order valence-corrected chi connectivity index (χ1v) is 13.5. The Morgan fingerprint density at radius 1 is 1.22 bits per heavy atom. The second-order valence-corrected chi connectivity index (χ2v) is 12.7. The van der Waals surface area contributed by atoms with Gasteiger partial charge in [-0.3, -0.25) is 9.00 Å². The smallest absolute Gasteiger partial charge is 0.343 e. The molecule has 2 aromatic heterocycles. The summed E-state index contributed by atoms with van der Waals surface area (Å²) in [5, 5.41) is 12.0. The van der Waals surface area contributed by atoms with E-state index in [9.17, 15) is 18.9 Å². The van der Waals surface area contributed by atoms with Gasteiger partial charge < -0.3 is 14.4 Å². The number of hydrogen-bond donors (Lipinski definition) is 2. The van der Waals surface area contributed by atoms with E-state index in [0.29, 0.717) is 41.2 Å². The van der Waals surface area contributed by atoms with Crippen molar-refractivity contribution in [2.75, 3.05) is 18.3 Å². The van der Waals surface area contributed by atoms with E-state index in [-0.39, 0.29) is 18.6 Å². The molecule has 0 fully saturated rings. The molecule has 0 radical (unpaired) electrons. The number of aromatic nitrogens is 2. The lowest BCUT2D eigenvalue weighted by Gasteiger charge is -2.31. The molecule has 0 unspecified atom stereocenters. The fourth-order valence-corrected chi connectivity index (χ4v) is 5.54. The van der Waals surface area contributed by atoms with Crippen LogP contribution in [0.5, 0.6) is 0 Å². The number of carbonyl (C=O) groups is 1. The van der Waals surface area contributed by atoms with Gasteiger partial charge >= 0.3 is 5.97 Å². The van der Waals surface area contributed by atoms with Crippen LogP contribution in [-0.2, 0) is 44.6 Å². The van der Waals surface area contributed by atoms with Gasteiger partial charge in [0.1, 0.15) is 6.61 Å². The number of fused-ring (bicyclic) bond motifs is 5. The number of cyclic esters (lactones) is 1. The van der Waals surface area contributed by atoms with Gasteiger partial charge in [0.25, 0.3) is 5.56 Å². The van der Waals surface area contributed by atoms with Crippen LogP contribution in [0.1, 0.15) is 35.6 Å². The molecule has 0 bridgehead atoms. The number of aliphatic hydroxyl groups is 1. The van der Waals surface area contributed by atoms with Gasteiger partial charge in [-0.2, -0.15) is 0 Å². The fourth-order valence-electron chi connectivity index (χ4n) is 4.78. The molecule has 5 rings (SSSR count). The first kappa shape index (κ1) is 21.0. The number of benzene rings is 1. The van der Waals surface area contributed by atoms with Crippen LogP contribution in [0.4, 0.5) is 0 Å². The number of para-hydroxylation sites is 1. The number of carbonyl (C=O) groups excluding carboxylic acids is 1. The number of aryl methyl sites for hydroxylation is 1. The van der Waals surface area contributed by atoms with Crippen molar-refractivity contribution in [2.24, 2.45) is 0 Å². The van der Waals surface area contributed by atoms with Gasteiger partial charge in [0.15, 0.2) is 5.60 Å². The molecule has 7 nitrogen and oxygen atoms in total. The van der Waals surface area contributed by atoms with Gasteiger partial charge in [-0.15, -0.1) is 9.93 Å². The molecule has 0 amide bonds. The van der Waals surface area contributed by atoms with E-state index in [1.54, 1.807) is 30.1 Å². The number of rotatable bonds is 4. The van der Waals surface area contributed by atoms with Crippen LogP contribution in [0.25, 0.3) is 22.3 Å². The molecular formula is C24H26N2O5S. The SMILES string of the molecule is CC[C@@]1(O)C(=O)OCc2c1cc1n(c2=O)Cc2c-1nc1ccccc1c2CC[SH](C)(C)=O. The van der Waals surface area contributed by atoms with Gasteiger partial charge in [0.05, 0.1) is 29.0 Å². The van der Waals surface area contributed by atoms with E-state index >= 15 is 0 Å². The maximum absolute atomic E-state index is 13.4. The molecule has 4 heterocycles. The quantitative estimate of drug-likeness (QED) is 0.361. The Kier molecular flexibility index (Phi) is 4.65. The highest BCUT2D eigenvalue weighted by atomic mass is 32.2. The zero-order chi connectivity index (χ0) is 22.8. The van der Waals surface area contributed by atoms with E-state index in [1.807, 2.05) is 24.3 Å². The van der Waals surface area contributed by atoms with Gasteiger partial charge in [-0.1, -0.05) is 25.1 Å². The van der Waals surface area contributed by atoms with Crippen LogP contribution < -0.4 is 5.56 Å². The standard InChI is InChI=1S/C24H26N2O5S/c1-4-24(29)18-11-20-21-16(12-26(20)22(27)17(18)13-31-23(24)28)14(9-10-32(2,3)30)15-7-5-6-8-19(15)25-21/h5-8,11,29,32H,4,9-10,12-13H2,1-3H3/t24-/m0/s1. The number of esters is 1. The molecule has 1 N–H and O–H groups in total. The monoisotopic (exact) mass is 454 g/mol.